The molecule has 2 rings (SSSR count). The number of aryl methyl sites for hydroxylation is 1. The molecule has 0 unspecified atom stereocenters. The average molecular weight is 237 g/mol. The van der Waals surface area contributed by atoms with Crippen LogP contribution in [-0.4, -0.2) is 45.3 Å². The minimum absolute atomic E-state index is 0.119. The summed E-state index contributed by atoms with van der Waals surface area (Å²) in [7, 11) is 1.69. The van der Waals surface area contributed by atoms with E-state index < -0.39 is 5.60 Å². The van der Waals surface area contributed by atoms with Crippen molar-refractivity contribution in [3.63, 3.8) is 0 Å². The molecule has 1 aromatic rings. The van der Waals surface area contributed by atoms with E-state index in [4.69, 9.17) is 0 Å². The molecule has 1 aromatic heterocycles. The first-order chi connectivity index (χ1) is 7.88. The van der Waals surface area contributed by atoms with Gasteiger partial charge in [-0.2, -0.15) is 5.10 Å². The van der Waals surface area contributed by atoms with Gasteiger partial charge in [0.15, 0.2) is 5.69 Å². The van der Waals surface area contributed by atoms with E-state index in [0.29, 0.717) is 12.2 Å². The van der Waals surface area contributed by atoms with E-state index in [9.17, 15) is 9.90 Å². The summed E-state index contributed by atoms with van der Waals surface area (Å²) in [5, 5.41) is 16.7. The first-order valence-electron chi connectivity index (χ1n) is 5.92. The maximum absolute atomic E-state index is 12.2. The summed E-state index contributed by atoms with van der Waals surface area (Å²) in [6.07, 6.45) is 2.98. The van der Waals surface area contributed by atoms with Gasteiger partial charge in [-0.05, 0) is 33.1 Å². The molecule has 17 heavy (non-hydrogen) atoms. The molecule has 0 saturated carbocycles. The highest BCUT2D eigenvalue weighted by atomic mass is 16.3. The largest absolute Gasteiger partial charge is 0.389 e. The first-order valence-corrected chi connectivity index (χ1v) is 5.92. The number of hydrogen-bond acceptors (Lipinski definition) is 3. The van der Waals surface area contributed by atoms with Crippen molar-refractivity contribution in [2.24, 2.45) is 0 Å². The lowest BCUT2D eigenvalue weighted by molar-refractivity contribution is 0.0364. The van der Waals surface area contributed by atoms with E-state index >= 15 is 0 Å². The summed E-state index contributed by atoms with van der Waals surface area (Å²) in [6.45, 7) is 3.67. The molecule has 0 aromatic carbocycles. The van der Waals surface area contributed by atoms with Crippen LogP contribution in [0.5, 0.6) is 0 Å². The van der Waals surface area contributed by atoms with Crippen molar-refractivity contribution in [3.05, 3.63) is 17.0 Å². The van der Waals surface area contributed by atoms with E-state index in [2.05, 4.69) is 10.2 Å². The highest BCUT2D eigenvalue weighted by molar-refractivity contribution is 5.94. The number of amides is 1. The van der Waals surface area contributed by atoms with Crippen LogP contribution in [-0.2, 0) is 12.8 Å². The van der Waals surface area contributed by atoms with Gasteiger partial charge in [-0.25, -0.2) is 0 Å². The van der Waals surface area contributed by atoms with Gasteiger partial charge in [0.1, 0.15) is 0 Å². The van der Waals surface area contributed by atoms with Crippen LogP contribution < -0.4 is 0 Å². The Morgan fingerprint density at radius 2 is 2.24 bits per heavy atom. The summed E-state index contributed by atoms with van der Waals surface area (Å²) < 4.78 is 0. The van der Waals surface area contributed by atoms with Gasteiger partial charge < -0.3 is 10.0 Å². The molecule has 1 aliphatic rings. The van der Waals surface area contributed by atoms with Crippen molar-refractivity contribution in [1.29, 1.82) is 0 Å². The van der Waals surface area contributed by atoms with Crippen LogP contribution in [0.4, 0.5) is 0 Å². The number of aliphatic hydroxyl groups is 1. The highest BCUT2D eigenvalue weighted by Crippen LogP contribution is 2.23. The number of likely N-dealkylation sites (N-methyl/N-ethyl adjacent to an activating group) is 1. The SMILES string of the molecule is CN(CC(C)(C)O)C(=O)c1n[nH]c2c1CCC2. The van der Waals surface area contributed by atoms with Crippen molar-refractivity contribution in [1.82, 2.24) is 15.1 Å². The molecule has 5 nitrogen and oxygen atoms in total. The second-order valence-electron chi connectivity index (χ2n) is 5.36. The Balaban J connectivity index is 2.14. The predicted molar refractivity (Wildman–Crippen MR) is 63.9 cm³/mol. The summed E-state index contributed by atoms with van der Waals surface area (Å²) >= 11 is 0. The summed E-state index contributed by atoms with van der Waals surface area (Å²) in [5.41, 5.74) is 1.77. The van der Waals surface area contributed by atoms with Gasteiger partial charge in [0.05, 0.1) is 5.60 Å². The Kier molecular flexibility index (Phi) is 2.95. The molecule has 5 heteroatoms. The molecule has 0 atom stereocenters. The van der Waals surface area contributed by atoms with Gasteiger partial charge in [-0.15, -0.1) is 0 Å². The first kappa shape index (κ1) is 12.1. The fourth-order valence-corrected chi connectivity index (χ4v) is 2.33. The number of fused-ring (bicyclic) bond motifs is 1. The normalized spacial score (nSPS) is 14.8. The Hall–Kier alpha value is -1.36. The van der Waals surface area contributed by atoms with Crippen LogP contribution >= 0.6 is 0 Å². The number of aromatic amines is 1. The second kappa shape index (κ2) is 4.14. The smallest absolute Gasteiger partial charge is 0.274 e. The standard InChI is InChI=1S/C12H19N3O2/c1-12(2,17)7-15(3)11(16)10-8-5-4-6-9(8)13-14-10/h17H,4-7H2,1-3H3,(H,13,14). The zero-order valence-electron chi connectivity index (χ0n) is 10.6. The average Bonchev–Trinajstić information content (AvgIpc) is 2.74. The number of carbonyl (C=O) groups excluding carboxylic acids is 1. The molecule has 0 radical (unpaired) electrons. The number of nitrogens with one attached hydrogen (secondary N) is 1. The van der Waals surface area contributed by atoms with E-state index in [0.717, 1.165) is 30.5 Å². The van der Waals surface area contributed by atoms with Crippen LogP contribution in [0, 0.1) is 0 Å². The van der Waals surface area contributed by atoms with E-state index in [1.165, 1.54) is 4.90 Å². The van der Waals surface area contributed by atoms with Gasteiger partial charge >= 0.3 is 0 Å². The molecule has 0 spiro atoms. The fraction of sp³-hybridized carbons (Fsp3) is 0.667. The lowest BCUT2D eigenvalue weighted by Crippen LogP contribution is -2.40. The number of carbonyl (C=O) groups is 1. The van der Waals surface area contributed by atoms with Crippen LogP contribution in [0.15, 0.2) is 0 Å². The maximum Gasteiger partial charge on any atom is 0.274 e. The number of H-pyrrole nitrogens is 1. The Morgan fingerprint density at radius 1 is 1.53 bits per heavy atom. The third-order valence-corrected chi connectivity index (χ3v) is 2.98. The lowest BCUT2D eigenvalue weighted by atomic mass is 10.1. The van der Waals surface area contributed by atoms with Crippen LogP contribution in [0.1, 0.15) is 42.0 Å². The van der Waals surface area contributed by atoms with E-state index in [-0.39, 0.29) is 5.91 Å². The van der Waals surface area contributed by atoms with Crippen molar-refractivity contribution >= 4 is 5.91 Å². The van der Waals surface area contributed by atoms with Gasteiger partial charge in [0.2, 0.25) is 0 Å². The van der Waals surface area contributed by atoms with Crippen molar-refractivity contribution in [2.45, 2.75) is 38.7 Å². The molecule has 0 aliphatic heterocycles. The van der Waals surface area contributed by atoms with Crippen molar-refractivity contribution < 1.29 is 9.90 Å². The summed E-state index contributed by atoms with van der Waals surface area (Å²) in [5.74, 6) is -0.119. The number of rotatable bonds is 3. The van der Waals surface area contributed by atoms with Gasteiger partial charge in [-0.3, -0.25) is 9.89 Å². The number of nitrogens with zero attached hydrogens (tertiary/aromatic N) is 2. The molecule has 0 fully saturated rings. The Bertz CT molecular complexity index is 431. The summed E-state index contributed by atoms with van der Waals surface area (Å²) in [6, 6.07) is 0. The molecule has 94 valence electrons. The second-order valence-corrected chi connectivity index (χ2v) is 5.36. The Morgan fingerprint density at radius 3 is 2.88 bits per heavy atom. The van der Waals surface area contributed by atoms with E-state index in [1.807, 2.05) is 0 Å². The highest BCUT2D eigenvalue weighted by Gasteiger charge is 2.27. The molecule has 1 heterocycles. The molecular weight excluding hydrogens is 218 g/mol. The van der Waals surface area contributed by atoms with Gasteiger partial charge in [0.25, 0.3) is 5.91 Å². The summed E-state index contributed by atoms with van der Waals surface area (Å²) in [4.78, 5) is 13.7. The van der Waals surface area contributed by atoms with Gasteiger partial charge in [-0.1, -0.05) is 0 Å². The van der Waals surface area contributed by atoms with Crippen molar-refractivity contribution in [3.8, 4) is 0 Å². The quantitative estimate of drug-likeness (QED) is 0.814. The molecule has 0 saturated heterocycles. The third kappa shape index (κ3) is 2.49. The van der Waals surface area contributed by atoms with Crippen LogP contribution in [0.2, 0.25) is 0 Å². The fourth-order valence-electron chi connectivity index (χ4n) is 2.33. The molecular formula is C12H19N3O2. The maximum atomic E-state index is 12.2. The minimum atomic E-state index is -0.885. The monoisotopic (exact) mass is 237 g/mol. The topological polar surface area (TPSA) is 69.2 Å². The molecule has 0 bridgehead atoms. The third-order valence-electron chi connectivity index (χ3n) is 2.98. The van der Waals surface area contributed by atoms with Crippen molar-refractivity contribution in [2.75, 3.05) is 13.6 Å². The zero-order valence-corrected chi connectivity index (χ0v) is 10.6. The lowest BCUT2D eigenvalue weighted by Gasteiger charge is -2.25. The molecule has 1 aliphatic carbocycles. The van der Waals surface area contributed by atoms with E-state index in [1.54, 1.807) is 20.9 Å². The molecule has 2 N–H and O–H groups in total. The number of hydrogen-bond donors (Lipinski definition) is 2. The van der Waals surface area contributed by atoms with Crippen LogP contribution in [0.3, 0.4) is 0 Å². The Labute approximate surface area is 101 Å². The zero-order chi connectivity index (χ0) is 12.6. The van der Waals surface area contributed by atoms with Crippen LogP contribution in [0.25, 0.3) is 0 Å². The minimum Gasteiger partial charge on any atom is -0.389 e. The number of aromatic nitrogens is 2. The van der Waals surface area contributed by atoms with Gasteiger partial charge in [0, 0.05) is 24.8 Å². The predicted octanol–water partition coefficient (Wildman–Crippen LogP) is 0.741. The molecule has 1 amide bonds.